The van der Waals surface area contributed by atoms with E-state index in [1.165, 1.54) is 0 Å². The zero-order valence-corrected chi connectivity index (χ0v) is 32.9. The smallest absolute Gasteiger partial charge is 0.328 e. The molecule has 1 aromatic heterocycles. The number of aryl methyl sites for hydroxylation is 1. The van der Waals surface area contributed by atoms with E-state index in [9.17, 15) is 18.0 Å². The van der Waals surface area contributed by atoms with Crippen molar-refractivity contribution in [2.24, 2.45) is 15.4 Å². The fourth-order valence-electron chi connectivity index (χ4n) is 7.13. The summed E-state index contributed by atoms with van der Waals surface area (Å²) in [5.74, 6) is 1.07. The molecule has 5 rings (SSSR count). The molecule has 0 radical (unpaired) electrons. The lowest BCUT2D eigenvalue weighted by Gasteiger charge is -2.28. The highest BCUT2D eigenvalue weighted by Crippen LogP contribution is 2.44. The number of carboxylic acid groups (broad SMARTS) is 1. The summed E-state index contributed by atoms with van der Waals surface area (Å²) in [6.45, 7) is 11.5. The Bertz CT molecular complexity index is 2000. The van der Waals surface area contributed by atoms with Crippen LogP contribution in [-0.4, -0.2) is 77.2 Å². The number of hydrogen-bond acceptors (Lipinski definition) is 8. The molecular weight excluding hydrogens is 714 g/mol. The number of aliphatic carboxylic acids is 1. The number of allylic oxidation sites excluding steroid dienone is 6. The number of rotatable bonds is 15. The average molecular weight is 765 g/mol. The number of carbonyl (C=O) groups excluding carboxylic acids is 1. The molecule has 5 heterocycles. The summed E-state index contributed by atoms with van der Waals surface area (Å²) in [4.78, 5) is 36.9. The van der Waals surface area contributed by atoms with Gasteiger partial charge in [-0.1, -0.05) is 50.1 Å². The molecule has 0 saturated heterocycles. The molecule has 0 atom stereocenters. The predicted octanol–water partition coefficient (Wildman–Crippen LogP) is 6.96. The minimum absolute atomic E-state index is 0.194. The van der Waals surface area contributed by atoms with E-state index in [0.29, 0.717) is 38.9 Å². The topological polar surface area (TPSA) is 144 Å². The van der Waals surface area contributed by atoms with Gasteiger partial charge < -0.3 is 10.0 Å². The van der Waals surface area contributed by atoms with Crippen LogP contribution in [0.4, 0.5) is 5.82 Å². The van der Waals surface area contributed by atoms with Crippen molar-refractivity contribution in [3.8, 4) is 0 Å². The first-order valence-electron chi connectivity index (χ1n) is 18.3. The van der Waals surface area contributed by atoms with Crippen molar-refractivity contribution < 1.29 is 32.2 Å². The predicted molar refractivity (Wildman–Crippen MR) is 209 cm³/mol. The van der Waals surface area contributed by atoms with E-state index in [1.54, 1.807) is 0 Å². The van der Waals surface area contributed by atoms with Crippen LogP contribution in [0.15, 0.2) is 98.4 Å². The van der Waals surface area contributed by atoms with Crippen molar-refractivity contribution in [3.05, 3.63) is 94.0 Å². The molecule has 0 spiro atoms. The van der Waals surface area contributed by atoms with Gasteiger partial charge in [-0.15, -0.1) is 0 Å². The fourth-order valence-corrected chi connectivity index (χ4v) is 7.78. The van der Waals surface area contributed by atoms with Gasteiger partial charge in [0.2, 0.25) is 0 Å². The molecule has 0 aliphatic carbocycles. The Hall–Kier alpha value is -3.97. The summed E-state index contributed by atoms with van der Waals surface area (Å²) in [5, 5.41) is 8.53. The van der Waals surface area contributed by atoms with Crippen LogP contribution in [0.25, 0.3) is 0 Å². The molecule has 284 valence electrons. The number of aromatic nitrogens is 1. The third-order valence-corrected chi connectivity index (χ3v) is 11.6. The Balaban J connectivity index is 1.30. The summed E-state index contributed by atoms with van der Waals surface area (Å²) in [6, 6.07) is 4.10. The number of pyridine rings is 1. The van der Waals surface area contributed by atoms with Gasteiger partial charge >= 0.3 is 21.9 Å². The van der Waals surface area contributed by atoms with Gasteiger partial charge in [0.1, 0.15) is 5.84 Å². The maximum atomic E-state index is 11.5. The molecular formula is C40H51ClN5O6S+. The van der Waals surface area contributed by atoms with Gasteiger partial charge in [-0.05, 0) is 99.5 Å². The summed E-state index contributed by atoms with van der Waals surface area (Å²) in [6.07, 6.45) is 20.7. The van der Waals surface area contributed by atoms with E-state index in [1.807, 2.05) is 18.5 Å². The van der Waals surface area contributed by atoms with Gasteiger partial charge in [0.25, 0.3) is 5.12 Å². The normalized spacial score (nSPS) is 21.0. The van der Waals surface area contributed by atoms with E-state index < -0.39 is 21.2 Å². The number of likely N-dealkylation sites (N-methyl/N-ethyl adjacent to an activating group) is 1. The van der Waals surface area contributed by atoms with Crippen molar-refractivity contribution in [1.29, 1.82) is 0 Å². The van der Waals surface area contributed by atoms with E-state index in [2.05, 4.69) is 91.6 Å². The number of fused-ring (bicyclic) bond motifs is 2. The molecule has 0 amide bonds. The summed E-state index contributed by atoms with van der Waals surface area (Å²) in [7, 11) is -2.55. The number of hydrogen-bond donors (Lipinski definition) is 2. The van der Waals surface area contributed by atoms with Gasteiger partial charge in [0, 0.05) is 54.7 Å². The lowest BCUT2D eigenvalue weighted by atomic mass is 9.81. The van der Waals surface area contributed by atoms with Gasteiger partial charge in [0.15, 0.2) is 5.71 Å². The lowest BCUT2D eigenvalue weighted by molar-refractivity contribution is -0.684. The van der Waals surface area contributed by atoms with Gasteiger partial charge in [-0.25, -0.2) is 9.56 Å². The highest BCUT2D eigenvalue weighted by molar-refractivity contribution is 8.01. The Morgan fingerprint density at radius 1 is 0.981 bits per heavy atom. The van der Waals surface area contributed by atoms with Crippen LogP contribution in [0.1, 0.15) is 84.6 Å². The van der Waals surface area contributed by atoms with Crippen molar-refractivity contribution in [1.82, 2.24) is 9.80 Å². The van der Waals surface area contributed by atoms with Gasteiger partial charge in [-0.3, -0.25) is 19.0 Å². The van der Waals surface area contributed by atoms with Crippen LogP contribution < -0.4 is 4.57 Å². The summed E-state index contributed by atoms with van der Waals surface area (Å²) >= 11 is 7.11. The minimum Gasteiger partial charge on any atom is -0.481 e. The Morgan fingerprint density at radius 3 is 2.45 bits per heavy atom. The number of amidine groups is 1. The average Bonchev–Trinajstić information content (AvgIpc) is 3.51. The van der Waals surface area contributed by atoms with Crippen LogP contribution in [0.5, 0.6) is 0 Å². The fraction of sp³-hybridized carbons (Fsp3) is 0.475. The maximum absolute atomic E-state index is 11.5. The minimum atomic E-state index is -4.62. The first-order chi connectivity index (χ1) is 25.0. The van der Waals surface area contributed by atoms with E-state index >= 15 is 0 Å². The number of aliphatic imine (C=N–C) groups is 2. The molecule has 0 aromatic carbocycles. The summed E-state index contributed by atoms with van der Waals surface area (Å²) < 4.78 is 33.0. The molecule has 0 fully saturated rings. The molecule has 11 nitrogen and oxygen atoms in total. The molecule has 0 bridgehead atoms. The second-order valence-corrected chi connectivity index (χ2v) is 17.0. The maximum Gasteiger partial charge on any atom is 0.328 e. The Kier molecular flexibility index (Phi) is 12.6. The third-order valence-electron chi connectivity index (χ3n) is 10.4. The monoisotopic (exact) mass is 764 g/mol. The Labute approximate surface area is 318 Å². The van der Waals surface area contributed by atoms with Crippen molar-refractivity contribution in [2.45, 2.75) is 91.0 Å². The number of carboxylic acids is 1. The SMILES string of the molecule is CN1CC(/C=C/C2=Nc3c(ccc[n+]3CCCCCC(=O)S(=O)(=O)O)C2(C)C)=C(Cl)C(=C/C=C2/N=C3C(=CC=CN3CCCCCC(=O)O)C2(C)C)/C1. The largest absolute Gasteiger partial charge is 0.481 e. The van der Waals surface area contributed by atoms with Gasteiger partial charge in [-0.2, -0.15) is 8.42 Å². The second kappa shape index (κ2) is 16.6. The number of carbonyl (C=O) groups is 2. The first kappa shape index (κ1) is 40.2. The highest BCUT2D eigenvalue weighted by Gasteiger charge is 2.42. The van der Waals surface area contributed by atoms with Crippen LogP contribution in [0.2, 0.25) is 0 Å². The zero-order valence-electron chi connectivity index (χ0n) is 31.3. The van der Waals surface area contributed by atoms with Crippen LogP contribution in [-0.2, 0) is 31.7 Å². The molecule has 13 heteroatoms. The number of halogens is 1. The van der Waals surface area contributed by atoms with Crippen molar-refractivity contribution >= 4 is 50.2 Å². The number of nitrogens with zero attached hydrogens (tertiary/aromatic N) is 5. The van der Waals surface area contributed by atoms with E-state index in [4.69, 9.17) is 31.2 Å². The quantitative estimate of drug-likeness (QED) is 0.111. The molecule has 4 aliphatic heterocycles. The molecule has 1 aromatic rings. The second-order valence-electron chi connectivity index (χ2n) is 15.2. The summed E-state index contributed by atoms with van der Waals surface area (Å²) in [5.41, 5.74) is 5.52. The zero-order chi connectivity index (χ0) is 38.6. The van der Waals surface area contributed by atoms with Crippen LogP contribution >= 0.6 is 11.6 Å². The van der Waals surface area contributed by atoms with Crippen LogP contribution in [0.3, 0.4) is 0 Å². The van der Waals surface area contributed by atoms with E-state index in [-0.39, 0.29) is 23.7 Å². The van der Waals surface area contributed by atoms with Crippen molar-refractivity contribution in [3.63, 3.8) is 0 Å². The number of unbranched alkanes of at least 4 members (excludes halogenated alkanes) is 4. The Morgan fingerprint density at radius 2 is 1.72 bits per heavy atom. The molecule has 0 saturated carbocycles. The molecule has 2 N–H and O–H groups in total. The standard InChI is InChI=1S/C40H50ClN5O6S/c1-39(2)30-14-12-24-45(22-10-6-8-16-34(47)48)37(30)42-32(39)20-18-28-26-44(5)27-29(36(28)41)19-21-33-40(3,4)31-15-13-25-46(38(31)43-33)23-11-7-9-17-35(49)53(50,51)52/h12-15,18-21,24-25H,6-11,16-17,22-23,26-27H2,1-5H3,(H-,47,48,50,51,52)/p+1. The first-order valence-corrected chi connectivity index (χ1v) is 20.1. The molecule has 4 aliphatic rings. The lowest BCUT2D eigenvalue weighted by Crippen LogP contribution is -2.34. The third kappa shape index (κ3) is 9.40. The highest BCUT2D eigenvalue weighted by atomic mass is 35.5. The van der Waals surface area contributed by atoms with Gasteiger partial charge in [0.05, 0.1) is 29.4 Å². The molecule has 53 heavy (non-hydrogen) atoms. The molecule has 0 unspecified atom stereocenters. The van der Waals surface area contributed by atoms with Crippen LogP contribution in [0, 0.1) is 5.41 Å². The van der Waals surface area contributed by atoms with E-state index in [0.717, 1.165) is 76.2 Å². The van der Waals surface area contributed by atoms with Crippen molar-refractivity contribution in [2.75, 3.05) is 26.7 Å².